The van der Waals surface area contributed by atoms with Crippen LogP contribution in [0.4, 0.5) is 0 Å². The van der Waals surface area contributed by atoms with Crippen LogP contribution in [-0.2, 0) is 22.4 Å². The van der Waals surface area contributed by atoms with Crippen molar-refractivity contribution < 1.29 is 9.59 Å². The summed E-state index contributed by atoms with van der Waals surface area (Å²) in [6.45, 7) is 1.14. The molecule has 2 aromatic carbocycles. The third-order valence-corrected chi connectivity index (χ3v) is 8.16. The maximum Gasteiger partial charge on any atom is 0.240 e. The van der Waals surface area contributed by atoms with Crippen molar-refractivity contribution in [1.82, 2.24) is 20.5 Å². The first-order chi connectivity index (χ1) is 16.7. The fourth-order valence-electron chi connectivity index (χ4n) is 6.57. The van der Waals surface area contributed by atoms with Crippen LogP contribution in [-0.4, -0.2) is 46.4 Å². The van der Waals surface area contributed by atoms with Gasteiger partial charge in [0.05, 0.1) is 12.1 Å². The normalized spacial score (nSPS) is 23.8. The zero-order valence-electron chi connectivity index (χ0n) is 19.5. The summed E-state index contributed by atoms with van der Waals surface area (Å²) in [5, 5.41) is 7.60. The zero-order chi connectivity index (χ0) is 23.1. The summed E-state index contributed by atoms with van der Waals surface area (Å²) in [4.78, 5) is 33.1. The molecule has 3 aromatic rings. The lowest BCUT2D eigenvalue weighted by molar-refractivity contribution is -0.152. The second-order valence-electron chi connectivity index (χ2n) is 10.0. The van der Waals surface area contributed by atoms with Gasteiger partial charge in [0.1, 0.15) is 5.54 Å². The van der Waals surface area contributed by atoms with Crippen LogP contribution >= 0.6 is 0 Å². The molecule has 0 unspecified atom stereocenters. The van der Waals surface area contributed by atoms with E-state index in [-0.39, 0.29) is 23.9 Å². The number of nitrogens with one attached hydrogen (secondary N) is 3. The van der Waals surface area contributed by atoms with E-state index in [9.17, 15) is 9.59 Å². The largest absolute Gasteiger partial charge is 0.357 e. The second kappa shape index (κ2) is 8.58. The van der Waals surface area contributed by atoms with Gasteiger partial charge < -0.3 is 15.6 Å². The quantitative estimate of drug-likeness (QED) is 0.549. The molecule has 6 nitrogen and oxygen atoms in total. The van der Waals surface area contributed by atoms with Gasteiger partial charge in [-0.05, 0) is 42.9 Å². The van der Waals surface area contributed by atoms with Gasteiger partial charge in [-0.15, -0.1) is 0 Å². The van der Waals surface area contributed by atoms with E-state index in [0.29, 0.717) is 19.5 Å². The molecule has 3 heterocycles. The van der Waals surface area contributed by atoms with Crippen molar-refractivity contribution in [3.63, 3.8) is 0 Å². The topological polar surface area (TPSA) is 77.2 Å². The Morgan fingerprint density at radius 1 is 1.00 bits per heavy atom. The molecule has 3 N–H and O–H groups in total. The second-order valence-corrected chi connectivity index (χ2v) is 10.0. The lowest BCUT2D eigenvalue weighted by Gasteiger charge is -2.55. The summed E-state index contributed by atoms with van der Waals surface area (Å²) < 4.78 is 0. The number of rotatable bonds is 5. The van der Waals surface area contributed by atoms with E-state index >= 15 is 0 Å². The minimum absolute atomic E-state index is 0.0168. The predicted molar refractivity (Wildman–Crippen MR) is 132 cm³/mol. The number of benzene rings is 2. The molecule has 0 spiro atoms. The summed E-state index contributed by atoms with van der Waals surface area (Å²) in [6, 6.07) is 18.3. The first-order valence-electron chi connectivity index (χ1n) is 12.7. The van der Waals surface area contributed by atoms with Gasteiger partial charge in [0.25, 0.3) is 0 Å². The number of hydrogen-bond acceptors (Lipinski definition) is 3. The molecular weight excluding hydrogens is 424 g/mol. The lowest BCUT2D eigenvalue weighted by atomic mass is 9.74. The lowest BCUT2D eigenvalue weighted by Crippen LogP contribution is -2.71. The summed E-state index contributed by atoms with van der Waals surface area (Å²) in [5.74, 6) is 0.140. The Kier molecular flexibility index (Phi) is 5.41. The first-order valence-corrected chi connectivity index (χ1v) is 12.7. The highest BCUT2D eigenvalue weighted by atomic mass is 16.2. The molecular formula is C28H32N4O2. The summed E-state index contributed by atoms with van der Waals surface area (Å²) in [7, 11) is 0. The van der Waals surface area contributed by atoms with Gasteiger partial charge in [-0.25, -0.2) is 0 Å². The van der Waals surface area contributed by atoms with Crippen LogP contribution in [0.3, 0.4) is 0 Å². The summed E-state index contributed by atoms with van der Waals surface area (Å²) in [5.41, 5.74) is 4.10. The predicted octanol–water partition coefficient (Wildman–Crippen LogP) is 3.63. The number of hydrogen-bond donors (Lipinski definition) is 3. The molecule has 2 fully saturated rings. The fraction of sp³-hybridized carbons (Fsp3) is 0.429. The van der Waals surface area contributed by atoms with E-state index in [4.69, 9.17) is 0 Å². The van der Waals surface area contributed by atoms with E-state index in [1.807, 2.05) is 24.3 Å². The Bertz CT molecular complexity index is 1210. The summed E-state index contributed by atoms with van der Waals surface area (Å²) >= 11 is 0. The number of carbonyl (C=O) groups excluding carboxylic acids is 2. The van der Waals surface area contributed by atoms with Crippen LogP contribution in [0, 0.1) is 0 Å². The van der Waals surface area contributed by atoms with Gasteiger partial charge >= 0.3 is 0 Å². The molecule has 2 atom stereocenters. The molecule has 1 aliphatic carbocycles. The molecule has 2 amide bonds. The number of piperazine rings is 1. The highest BCUT2D eigenvalue weighted by Crippen LogP contribution is 2.47. The average molecular weight is 457 g/mol. The van der Waals surface area contributed by atoms with Crippen molar-refractivity contribution in [1.29, 1.82) is 0 Å². The Labute approximate surface area is 200 Å². The van der Waals surface area contributed by atoms with Gasteiger partial charge in [-0.2, -0.15) is 0 Å². The molecule has 3 aliphatic rings. The zero-order valence-corrected chi connectivity index (χ0v) is 19.5. The molecule has 176 valence electrons. The number of aromatic nitrogens is 1. The molecule has 1 saturated heterocycles. The van der Waals surface area contributed by atoms with Crippen molar-refractivity contribution in [2.24, 2.45) is 0 Å². The molecule has 6 rings (SSSR count). The van der Waals surface area contributed by atoms with Crippen molar-refractivity contribution in [3.05, 3.63) is 71.4 Å². The molecule has 6 heteroatoms. The maximum absolute atomic E-state index is 13.9. The summed E-state index contributed by atoms with van der Waals surface area (Å²) in [6.07, 6.45) is 6.24. The number of amides is 2. The molecule has 2 aliphatic heterocycles. The number of H-pyrrole nitrogens is 1. The minimum Gasteiger partial charge on any atom is -0.357 e. The molecule has 34 heavy (non-hydrogen) atoms. The molecule has 2 bridgehead atoms. The van der Waals surface area contributed by atoms with Crippen molar-refractivity contribution in [3.8, 4) is 0 Å². The number of nitrogens with zero attached hydrogens (tertiary/aromatic N) is 1. The van der Waals surface area contributed by atoms with E-state index < -0.39 is 5.54 Å². The van der Waals surface area contributed by atoms with Gasteiger partial charge in [-0.1, -0.05) is 67.8 Å². The minimum atomic E-state index is -0.642. The average Bonchev–Trinajstić information content (AvgIpc) is 3.25. The van der Waals surface area contributed by atoms with E-state index in [0.717, 1.165) is 44.0 Å². The fourth-order valence-corrected chi connectivity index (χ4v) is 6.57. The number of carbonyl (C=O) groups is 2. The van der Waals surface area contributed by atoms with Gasteiger partial charge in [-0.3, -0.25) is 14.5 Å². The van der Waals surface area contributed by atoms with E-state index in [1.54, 1.807) is 0 Å². The third kappa shape index (κ3) is 3.43. The molecule has 1 aromatic heterocycles. The van der Waals surface area contributed by atoms with Crippen LogP contribution in [0.1, 0.15) is 55.0 Å². The number of fused-ring (bicyclic) bond motifs is 6. The van der Waals surface area contributed by atoms with Gasteiger partial charge in [0, 0.05) is 29.7 Å². The Morgan fingerprint density at radius 3 is 2.59 bits per heavy atom. The van der Waals surface area contributed by atoms with Gasteiger partial charge in [0.2, 0.25) is 11.8 Å². The van der Waals surface area contributed by atoms with Crippen LogP contribution in [0.5, 0.6) is 0 Å². The highest BCUT2D eigenvalue weighted by Gasteiger charge is 2.56. The van der Waals surface area contributed by atoms with Gasteiger partial charge in [0.15, 0.2) is 0 Å². The SMILES string of the molecule is O=C1NC[C@H]2c3[nH]c4ccccc4c3C[C@@H]1N2C1(C(=O)NCCc2ccccc2)CCCCC1. The highest BCUT2D eigenvalue weighted by molar-refractivity contribution is 5.92. The first kappa shape index (κ1) is 21.4. The van der Waals surface area contributed by atoms with Crippen LogP contribution in [0.2, 0.25) is 0 Å². The van der Waals surface area contributed by atoms with Crippen molar-refractivity contribution >= 4 is 22.7 Å². The Hall–Kier alpha value is -3.12. The smallest absolute Gasteiger partial charge is 0.240 e. The van der Waals surface area contributed by atoms with Crippen LogP contribution in [0.25, 0.3) is 10.9 Å². The van der Waals surface area contributed by atoms with Crippen LogP contribution < -0.4 is 10.6 Å². The standard InChI is InChI=1S/C28H32N4O2/c33-26-23-17-21-20-11-5-6-12-22(20)31-25(21)24(18-30-26)32(23)28(14-7-2-8-15-28)27(34)29-16-13-19-9-3-1-4-10-19/h1,3-6,9-12,23-24,31H,2,7-8,13-18H2,(H,29,34)(H,30,33)/t23-,24-/m0/s1. The van der Waals surface area contributed by atoms with E-state index in [2.05, 4.69) is 50.8 Å². The Balaban J connectivity index is 1.34. The number of aromatic amines is 1. The monoisotopic (exact) mass is 456 g/mol. The maximum atomic E-state index is 13.9. The van der Waals surface area contributed by atoms with Crippen LogP contribution in [0.15, 0.2) is 54.6 Å². The third-order valence-electron chi connectivity index (χ3n) is 8.16. The van der Waals surface area contributed by atoms with Crippen molar-refractivity contribution in [2.75, 3.05) is 13.1 Å². The Morgan fingerprint density at radius 2 is 1.76 bits per heavy atom. The number of para-hydroxylation sites is 1. The molecule has 0 radical (unpaired) electrons. The van der Waals surface area contributed by atoms with Crippen molar-refractivity contribution in [2.45, 2.75) is 62.6 Å². The van der Waals surface area contributed by atoms with E-state index in [1.165, 1.54) is 22.2 Å². The molecule has 1 saturated carbocycles.